The Morgan fingerprint density at radius 1 is 1.67 bits per heavy atom. The fourth-order valence-corrected chi connectivity index (χ4v) is 0.862. The maximum absolute atomic E-state index is 12.5. The van der Waals surface area contributed by atoms with Crippen molar-refractivity contribution in [1.29, 1.82) is 0 Å². The molecule has 0 bridgehead atoms. The smallest absolute Gasteiger partial charge is 0.341 e. The van der Waals surface area contributed by atoms with Gasteiger partial charge in [-0.3, -0.25) is 0 Å². The Morgan fingerprint density at radius 3 is 2.22 bits per heavy atom. The molecule has 0 heterocycles. The van der Waals surface area contributed by atoms with Gasteiger partial charge in [0.2, 0.25) is 5.67 Å². The zero-order chi connectivity index (χ0) is 7.07. The lowest BCUT2D eigenvalue weighted by atomic mass is 9.79. The number of halogens is 1. The highest BCUT2D eigenvalue weighted by atomic mass is 19.1. The van der Waals surface area contributed by atoms with Gasteiger partial charge >= 0.3 is 5.97 Å². The number of aliphatic hydroxyl groups is 1. The number of rotatable bonds is 1. The van der Waals surface area contributed by atoms with Gasteiger partial charge in [0, 0.05) is 12.8 Å². The van der Waals surface area contributed by atoms with E-state index >= 15 is 0 Å². The van der Waals surface area contributed by atoms with Gasteiger partial charge in [0.15, 0.2) is 0 Å². The first kappa shape index (κ1) is 6.48. The van der Waals surface area contributed by atoms with Crippen LogP contribution in [0.2, 0.25) is 0 Å². The molecule has 1 aliphatic rings. The van der Waals surface area contributed by atoms with Gasteiger partial charge in [0.1, 0.15) is 0 Å². The van der Waals surface area contributed by atoms with Crippen LogP contribution in [0.1, 0.15) is 12.8 Å². The number of hydrogen-bond donors (Lipinski definition) is 2. The molecule has 1 saturated carbocycles. The number of hydrogen-bond acceptors (Lipinski definition) is 2. The number of carboxylic acid groups (broad SMARTS) is 1. The maximum Gasteiger partial charge on any atom is 0.341 e. The molecule has 2 N–H and O–H groups in total. The van der Waals surface area contributed by atoms with E-state index in [1.807, 2.05) is 0 Å². The van der Waals surface area contributed by atoms with Crippen molar-refractivity contribution in [3.05, 3.63) is 0 Å². The molecule has 0 amide bonds. The molecule has 0 aromatic heterocycles. The minimum absolute atomic E-state index is 0.262. The molecule has 0 spiro atoms. The van der Waals surface area contributed by atoms with E-state index < -0.39 is 17.7 Å². The standard InChI is InChI=1S/C5H7FO3/c6-5(4(8)9)1-3(7)2-5/h3,7H,1-2H2,(H,8,9)/t3-,5+. The first-order chi connectivity index (χ1) is 4.04. The van der Waals surface area contributed by atoms with Crippen LogP contribution >= 0.6 is 0 Å². The molecule has 1 aliphatic carbocycles. The molecule has 9 heavy (non-hydrogen) atoms. The van der Waals surface area contributed by atoms with Crippen LogP contribution < -0.4 is 0 Å². The molecule has 4 heteroatoms. The van der Waals surface area contributed by atoms with E-state index in [4.69, 9.17) is 10.2 Å². The SMILES string of the molecule is O=C(O)[C@]1(F)C[C@@H](O)C1. The van der Waals surface area contributed by atoms with Crippen molar-refractivity contribution in [3.63, 3.8) is 0 Å². The summed E-state index contributed by atoms with van der Waals surface area (Å²) in [6, 6.07) is 0. The van der Waals surface area contributed by atoms with Gasteiger partial charge in [-0.25, -0.2) is 9.18 Å². The van der Waals surface area contributed by atoms with Crippen LogP contribution in [0.25, 0.3) is 0 Å². The van der Waals surface area contributed by atoms with E-state index in [1.54, 1.807) is 0 Å². The van der Waals surface area contributed by atoms with E-state index in [9.17, 15) is 9.18 Å². The second-order valence-electron chi connectivity index (χ2n) is 2.33. The summed E-state index contributed by atoms with van der Waals surface area (Å²) in [5.41, 5.74) is -2.14. The molecular formula is C5H7FO3. The molecule has 1 fully saturated rings. The normalized spacial score (nSPS) is 41.8. The van der Waals surface area contributed by atoms with Crippen molar-refractivity contribution in [2.45, 2.75) is 24.6 Å². The average molecular weight is 134 g/mol. The summed E-state index contributed by atoms with van der Waals surface area (Å²) in [4.78, 5) is 9.96. The Morgan fingerprint density at radius 2 is 2.11 bits per heavy atom. The third-order valence-corrected chi connectivity index (χ3v) is 1.50. The Balaban J connectivity index is 2.50. The summed E-state index contributed by atoms with van der Waals surface area (Å²) >= 11 is 0. The fraction of sp³-hybridized carbons (Fsp3) is 0.800. The van der Waals surface area contributed by atoms with Gasteiger partial charge < -0.3 is 10.2 Å². The monoisotopic (exact) mass is 134 g/mol. The summed E-state index contributed by atoms with van der Waals surface area (Å²) in [6.07, 6.45) is -1.28. The molecule has 0 aromatic carbocycles. The fourth-order valence-electron chi connectivity index (χ4n) is 0.862. The minimum atomic E-state index is -2.14. The van der Waals surface area contributed by atoms with Crippen LogP contribution in [0.4, 0.5) is 4.39 Å². The van der Waals surface area contributed by atoms with Crippen LogP contribution in [0.3, 0.4) is 0 Å². The zero-order valence-electron chi connectivity index (χ0n) is 4.67. The van der Waals surface area contributed by atoms with Crippen LogP contribution in [-0.2, 0) is 4.79 Å². The Hall–Kier alpha value is -0.640. The molecule has 3 nitrogen and oxygen atoms in total. The Bertz CT molecular complexity index is 139. The molecule has 0 unspecified atom stereocenters. The number of aliphatic hydroxyl groups excluding tert-OH is 1. The first-order valence-electron chi connectivity index (χ1n) is 2.65. The highest BCUT2D eigenvalue weighted by Crippen LogP contribution is 2.36. The predicted molar refractivity (Wildman–Crippen MR) is 26.7 cm³/mol. The van der Waals surface area contributed by atoms with Crippen molar-refractivity contribution in [2.24, 2.45) is 0 Å². The Labute approximate surface area is 51.1 Å². The third kappa shape index (κ3) is 0.896. The number of alkyl halides is 1. The molecule has 0 aliphatic heterocycles. The molecule has 0 atom stereocenters. The van der Waals surface area contributed by atoms with Crippen LogP contribution in [0.15, 0.2) is 0 Å². The van der Waals surface area contributed by atoms with E-state index in [-0.39, 0.29) is 12.8 Å². The lowest BCUT2D eigenvalue weighted by Gasteiger charge is -2.33. The third-order valence-electron chi connectivity index (χ3n) is 1.50. The summed E-state index contributed by atoms with van der Waals surface area (Å²) in [6.45, 7) is 0. The number of carbonyl (C=O) groups is 1. The van der Waals surface area contributed by atoms with E-state index in [1.165, 1.54) is 0 Å². The largest absolute Gasteiger partial charge is 0.479 e. The molecular weight excluding hydrogens is 127 g/mol. The molecule has 0 radical (unpaired) electrons. The lowest BCUT2D eigenvalue weighted by molar-refractivity contribution is -0.166. The molecule has 1 rings (SSSR count). The van der Waals surface area contributed by atoms with Gasteiger partial charge in [0.05, 0.1) is 6.10 Å². The summed E-state index contributed by atoms with van der Waals surface area (Å²) in [7, 11) is 0. The number of carboxylic acids is 1. The molecule has 52 valence electrons. The lowest BCUT2D eigenvalue weighted by Crippen LogP contribution is -2.49. The summed E-state index contributed by atoms with van der Waals surface area (Å²) in [5.74, 6) is -1.46. The highest BCUT2D eigenvalue weighted by Gasteiger charge is 2.50. The quantitative estimate of drug-likeness (QED) is 0.528. The predicted octanol–water partition coefficient (Wildman–Crippen LogP) is -0.0660. The zero-order valence-corrected chi connectivity index (χ0v) is 4.67. The van der Waals surface area contributed by atoms with E-state index in [2.05, 4.69) is 0 Å². The first-order valence-corrected chi connectivity index (χ1v) is 2.65. The van der Waals surface area contributed by atoms with Crippen LogP contribution in [0.5, 0.6) is 0 Å². The highest BCUT2D eigenvalue weighted by molar-refractivity contribution is 5.78. The Kier molecular flexibility index (Phi) is 1.20. The minimum Gasteiger partial charge on any atom is -0.479 e. The molecule has 0 aromatic rings. The van der Waals surface area contributed by atoms with Crippen molar-refractivity contribution in [1.82, 2.24) is 0 Å². The van der Waals surface area contributed by atoms with Gasteiger partial charge in [-0.1, -0.05) is 0 Å². The van der Waals surface area contributed by atoms with E-state index in [0.29, 0.717) is 0 Å². The van der Waals surface area contributed by atoms with Gasteiger partial charge in [-0.15, -0.1) is 0 Å². The number of aliphatic carboxylic acids is 1. The van der Waals surface area contributed by atoms with Gasteiger partial charge in [-0.2, -0.15) is 0 Å². The maximum atomic E-state index is 12.5. The topological polar surface area (TPSA) is 57.5 Å². The van der Waals surface area contributed by atoms with Gasteiger partial charge in [0.25, 0.3) is 0 Å². The average Bonchev–Trinajstić information content (AvgIpc) is 1.62. The van der Waals surface area contributed by atoms with Gasteiger partial charge in [-0.05, 0) is 0 Å². The second kappa shape index (κ2) is 1.67. The van der Waals surface area contributed by atoms with E-state index in [0.717, 1.165) is 0 Å². The van der Waals surface area contributed by atoms with Crippen molar-refractivity contribution in [2.75, 3.05) is 0 Å². The van der Waals surface area contributed by atoms with Crippen molar-refractivity contribution >= 4 is 5.97 Å². The summed E-state index contributed by atoms with van der Waals surface area (Å²) < 4.78 is 12.5. The van der Waals surface area contributed by atoms with Crippen LogP contribution in [0, 0.1) is 0 Å². The second-order valence-corrected chi connectivity index (χ2v) is 2.33. The molecule has 0 saturated heterocycles. The van der Waals surface area contributed by atoms with Crippen molar-refractivity contribution < 1.29 is 19.4 Å². The summed E-state index contributed by atoms with van der Waals surface area (Å²) in [5, 5.41) is 16.7. The van der Waals surface area contributed by atoms with Crippen molar-refractivity contribution in [3.8, 4) is 0 Å². The van der Waals surface area contributed by atoms with Crippen LogP contribution in [-0.4, -0.2) is 28.0 Å².